The van der Waals surface area contributed by atoms with Crippen LogP contribution in [-0.4, -0.2) is 4.98 Å². The van der Waals surface area contributed by atoms with Crippen LogP contribution in [0.1, 0.15) is 30.3 Å². The summed E-state index contributed by atoms with van der Waals surface area (Å²) in [5.41, 5.74) is 1.26. The van der Waals surface area contributed by atoms with Crippen LogP contribution in [0.5, 0.6) is 0 Å². The Morgan fingerprint density at radius 3 is 3.25 bits per heavy atom. The molecule has 1 nitrogen and oxygen atoms in total. The van der Waals surface area contributed by atoms with Crippen LogP contribution in [0.25, 0.3) is 0 Å². The molecule has 0 amide bonds. The molecule has 0 saturated carbocycles. The van der Waals surface area contributed by atoms with Crippen molar-refractivity contribution in [3.8, 4) is 0 Å². The highest BCUT2D eigenvalue weighted by molar-refractivity contribution is 7.15. The van der Waals surface area contributed by atoms with Crippen LogP contribution >= 0.6 is 22.9 Å². The topological polar surface area (TPSA) is 12.9 Å². The number of fused-ring (bicyclic) bond motifs is 1. The van der Waals surface area contributed by atoms with E-state index in [0.717, 1.165) is 16.8 Å². The Hall–Kier alpha value is -0.0800. The molecule has 1 aliphatic carbocycles. The maximum absolute atomic E-state index is 5.85. The van der Waals surface area contributed by atoms with Gasteiger partial charge in [0.15, 0.2) is 4.47 Å². The summed E-state index contributed by atoms with van der Waals surface area (Å²) in [4.78, 5) is 5.73. The number of aryl methyl sites for hydroxylation is 1. The van der Waals surface area contributed by atoms with E-state index in [1.165, 1.54) is 29.8 Å². The largest absolute Gasteiger partial charge is 0.230 e. The molecule has 2 rings (SSSR count). The van der Waals surface area contributed by atoms with Gasteiger partial charge in [0.2, 0.25) is 0 Å². The monoisotopic (exact) mass is 201 g/mol. The van der Waals surface area contributed by atoms with Gasteiger partial charge < -0.3 is 0 Å². The molecule has 0 radical (unpaired) electrons. The lowest BCUT2D eigenvalue weighted by Gasteiger charge is -2.18. The Balaban J connectivity index is 2.22. The van der Waals surface area contributed by atoms with Crippen molar-refractivity contribution >= 4 is 22.9 Å². The number of nitrogens with zero attached hydrogens (tertiary/aromatic N) is 1. The van der Waals surface area contributed by atoms with Crippen molar-refractivity contribution in [2.24, 2.45) is 5.92 Å². The molecule has 0 N–H and O–H groups in total. The van der Waals surface area contributed by atoms with Gasteiger partial charge >= 0.3 is 0 Å². The molecular formula is C9H12ClNS. The minimum atomic E-state index is 0.719. The SMILES string of the molecule is CC[C@H]1CCc2nc(Cl)sc2C1. The second-order valence-corrected chi connectivity index (χ2v) is 5.02. The average molecular weight is 202 g/mol. The van der Waals surface area contributed by atoms with Crippen LogP contribution in [0.4, 0.5) is 0 Å². The first-order chi connectivity index (χ1) is 5.79. The minimum absolute atomic E-state index is 0.719. The Morgan fingerprint density at radius 2 is 2.50 bits per heavy atom. The molecule has 66 valence electrons. The molecular weight excluding hydrogens is 190 g/mol. The summed E-state index contributed by atoms with van der Waals surface area (Å²) in [5.74, 6) is 0.869. The van der Waals surface area contributed by atoms with Gasteiger partial charge in [0, 0.05) is 4.88 Å². The first kappa shape index (κ1) is 8.52. The van der Waals surface area contributed by atoms with E-state index in [2.05, 4.69) is 11.9 Å². The summed E-state index contributed by atoms with van der Waals surface area (Å²) in [6.07, 6.45) is 4.92. The molecule has 0 saturated heterocycles. The fraction of sp³-hybridized carbons (Fsp3) is 0.667. The molecule has 1 aliphatic rings. The number of aromatic nitrogens is 1. The van der Waals surface area contributed by atoms with Gasteiger partial charge in [0.05, 0.1) is 5.69 Å². The number of halogens is 1. The second-order valence-electron chi connectivity index (χ2n) is 3.35. The summed E-state index contributed by atoms with van der Waals surface area (Å²) in [7, 11) is 0. The van der Waals surface area contributed by atoms with E-state index in [0.29, 0.717) is 0 Å². The standard InChI is InChI=1S/C9H12ClNS/c1-2-6-3-4-7-8(5-6)12-9(10)11-7/h6H,2-5H2,1H3/t6-/m0/s1. The third-order valence-corrected chi connectivity index (χ3v) is 3.82. The maximum atomic E-state index is 5.85. The minimum Gasteiger partial charge on any atom is -0.230 e. The van der Waals surface area contributed by atoms with E-state index in [-0.39, 0.29) is 0 Å². The van der Waals surface area contributed by atoms with Gasteiger partial charge in [-0.15, -0.1) is 11.3 Å². The van der Waals surface area contributed by atoms with Gasteiger partial charge in [-0.05, 0) is 25.2 Å². The number of hydrogen-bond donors (Lipinski definition) is 0. The Morgan fingerprint density at radius 1 is 1.67 bits per heavy atom. The van der Waals surface area contributed by atoms with Crippen molar-refractivity contribution in [1.82, 2.24) is 4.98 Å². The van der Waals surface area contributed by atoms with E-state index in [4.69, 9.17) is 11.6 Å². The molecule has 1 atom stereocenters. The molecule has 1 heterocycles. The normalized spacial score (nSPS) is 22.3. The van der Waals surface area contributed by atoms with Crippen LogP contribution in [0.2, 0.25) is 4.47 Å². The number of hydrogen-bond acceptors (Lipinski definition) is 2. The predicted molar refractivity (Wildman–Crippen MR) is 52.9 cm³/mol. The lowest BCUT2D eigenvalue weighted by Crippen LogP contribution is -2.11. The van der Waals surface area contributed by atoms with Gasteiger partial charge in [0.1, 0.15) is 0 Å². The van der Waals surface area contributed by atoms with E-state index in [1.807, 2.05) is 0 Å². The van der Waals surface area contributed by atoms with Crippen molar-refractivity contribution < 1.29 is 0 Å². The van der Waals surface area contributed by atoms with E-state index < -0.39 is 0 Å². The number of thiazole rings is 1. The Bertz CT molecular complexity index is 282. The quantitative estimate of drug-likeness (QED) is 0.680. The summed E-state index contributed by atoms with van der Waals surface area (Å²) in [6.45, 7) is 2.26. The molecule has 12 heavy (non-hydrogen) atoms. The van der Waals surface area contributed by atoms with E-state index >= 15 is 0 Å². The van der Waals surface area contributed by atoms with Crippen LogP contribution in [0, 0.1) is 5.92 Å². The molecule has 0 unspecified atom stereocenters. The second kappa shape index (κ2) is 3.35. The lowest BCUT2D eigenvalue weighted by atomic mass is 9.89. The van der Waals surface area contributed by atoms with Crippen molar-refractivity contribution in [3.05, 3.63) is 15.0 Å². The fourth-order valence-electron chi connectivity index (χ4n) is 1.76. The van der Waals surface area contributed by atoms with Gasteiger partial charge in [-0.1, -0.05) is 24.9 Å². The van der Waals surface area contributed by atoms with Gasteiger partial charge in [-0.25, -0.2) is 4.98 Å². The summed E-state index contributed by atoms with van der Waals surface area (Å²) >= 11 is 7.51. The smallest absolute Gasteiger partial charge is 0.184 e. The van der Waals surface area contributed by atoms with E-state index in [1.54, 1.807) is 11.3 Å². The molecule has 0 bridgehead atoms. The molecule has 3 heteroatoms. The summed E-state index contributed by atoms with van der Waals surface area (Å²) in [6, 6.07) is 0. The molecule has 0 fully saturated rings. The predicted octanol–water partition coefficient (Wildman–Crippen LogP) is 3.31. The highest BCUT2D eigenvalue weighted by Gasteiger charge is 2.20. The van der Waals surface area contributed by atoms with Crippen molar-refractivity contribution in [2.75, 3.05) is 0 Å². The van der Waals surface area contributed by atoms with E-state index in [9.17, 15) is 0 Å². The van der Waals surface area contributed by atoms with Crippen molar-refractivity contribution in [2.45, 2.75) is 32.6 Å². The van der Waals surface area contributed by atoms with Crippen molar-refractivity contribution in [3.63, 3.8) is 0 Å². The first-order valence-corrected chi connectivity index (χ1v) is 5.63. The summed E-state index contributed by atoms with van der Waals surface area (Å²) < 4.78 is 0.719. The van der Waals surface area contributed by atoms with Gasteiger partial charge in [-0.2, -0.15) is 0 Å². The molecule has 1 aromatic heterocycles. The van der Waals surface area contributed by atoms with Crippen LogP contribution in [0.3, 0.4) is 0 Å². The zero-order valence-electron chi connectivity index (χ0n) is 7.14. The van der Waals surface area contributed by atoms with Gasteiger partial charge in [0.25, 0.3) is 0 Å². The maximum Gasteiger partial charge on any atom is 0.184 e. The molecule has 0 aromatic carbocycles. The van der Waals surface area contributed by atoms with Crippen LogP contribution in [-0.2, 0) is 12.8 Å². The lowest BCUT2D eigenvalue weighted by molar-refractivity contribution is 0.446. The third kappa shape index (κ3) is 1.50. The molecule has 1 aromatic rings. The number of rotatable bonds is 1. The first-order valence-electron chi connectivity index (χ1n) is 4.43. The summed E-state index contributed by atoms with van der Waals surface area (Å²) in [5, 5.41) is 0. The molecule has 0 aliphatic heterocycles. The highest BCUT2D eigenvalue weighted by atomic mass is 35.5. The van der Waals surface area contributed by atoms with Gasteiger partial charge in [-0.3, -0.25) is 0 Å². The third-order valence-electron chi connectivity index (χ3n) is 2.59. The Labute approximate surface area is 81.8 Å². The zero-order valence-corrected chi connectivity index (χ0v) is 8.71. The van der Waals surface area contributed by atoms with Crippen molar-refractivity contribution in [1.29, 1.82) is 0 Å². The zero-order chi connectivity index (χ0) is 8.55. The van der Waals surface area contributed by atoms with Crippen LogP contribution < -0.4 is 0 Å². The molecule has 0 spiro atoms. The Kier molecular flexibility index (Phi) is 2.37. The fourth-order valence-corrected chi connectivity index (χ4v) is 3.09. The average Bonchev–Trinajstić information content (AvgIpc) is 2.43. The highest BCUT2D eigenvalue weighted by Crippen LogP contribution is 2.32. The van der Waals surface area contributed by atoms with Crippen LogP contribution in [0.15, 0.2) is 0 Å².